The van der Waals surface area contributed by atoms with Gasteiger partial charge in [-0.2, -0.15) is 0 Å². The molecule has 0 fully saturated rings. The van der Waals surface area contributed by atoms with Crippen molar-refractivity contribution >= 4 is 38.8 Å². The number of hydrogen-bond donors (Lipinski definition) is 0. The summed E-state index contributed by atoms with van der Waals surface area (Å²) < 4.78 is 2.41. The SMILES string of the molecule is C=C1/C=C\C=C/N(c2ccccc2)c2ccc(-c3ccc4c(c3)c3c(-c5ccccc5)cccc3n4-c3ccc(-c4ccccc4)cc3)cc21. The van der Waals surface area contributed by atoms with Crippen molar-refractivity contribution < 1.29 is 0 Å². The van der Waals surface area contributed by atoms with Gasteiger partial charge in [-0.3, -0.25) is 0 Å². The largest absolute Gasteiger partial charge is 0.317 e. The zero-order chi connectivity index (χ0) is 33.4. The van der Waals surface area contributed by atoms with Crippen molar-refractivity contribution in [2.75, 3.05) is 4.90 Å². The van der Waals surface area contributed by atoms with E-state index in [1.807, 2.05) is 0 Å². The van der Waals surface area contributed by atoms with Gasteiger partial charge in [-0.25, -0.2) is 0 Å². The van der Waals surface area contributed by atoms with Crippen LogP contribution in [-0.4, -0.2) is 4.57 Å². The van der Waals surface area contributed by atoms with E-state index in [0.717, 1.165) is 33.8 Å². The molecule has 2 heteroatoms. The summed E-state index contributed by atoms with van der Waals surface area (Å²) in [4.78, 5) is 2.24. The predicted octanol–water partition coefficient (Wildman–Crippen LogP) is 13.0. The van der Waals surface area contributed by atoms with Gasteiger partial charge in [0, 0.05) is 33.9 Å². The Bertz CT molecular complexity index is 2570. The maximum atomic E-state index is 4.47. The minimum absolute atomic E-state index is 0.982. The van der Waals surface area contributed by atoms with E-state index in [9.17, 15) is 0 Å². The molecule has 0 amide bonds. The van der Waals surface area contributed by atoms with E-state index in [1.54, 1.807) is 0 Å². The molecular formula is C48H34N2. The third-order valence-electron chi connectivity index (χ3n) is 9.72. The van der Waals surface area contributed by atoms with Crippen LogP contribution in [0.4, 0.5) is 11.4 Å². The van der Waals surface area contributed by atoms with Crippen LogP contribution >= 0.6 is 0 Å². The highest BCUT2D eigenvalue weighted by Gasteiger charge is 2.19. The van der Waals surface area contributed by atoms with Gasteiger partial charge in [0.15, 0.2) is 0 Å². The van der Waals surface area contributed by atoms with E-state index in [0.29, 0.717) is 0 Å². The summed E-state index contributed by atoms with van der Waals surface area (Å²) in [5.41, 5.74) is 15.0. The zero-order valence-corrected chi connectivity index (χ0v) is 27.6. The van der Waals surface area contributed by atoms with Crippen LogP contribution in [-0.2, 0) is 0 Å². The van der Waals surface area contributed by atoms with Crippen molar-refractivity contribution in [3.8, 4) is 39.1 Å². The molecule has 0 radical (unpaired) electrons. The van der Waals surface area contributed by atoms with Crippen molar-refractivity contribution in [1.82, 2.24) is 4.57 Å². The molecule has 0 saturated heterocycles. The number of allylic oxidation sites excluding steroid dienone is 4. The van der Waals surface area contributed by atoms with Crippen LogP contribution in [0.25, 0.3) is 66.4 Å². The van der Waals surface area contributed by atoms with Gasteiger partial charge < -0.3 is 9.47 Å². The number of para-hydroxylation sites is 1. The Kier molecular flexibility index (Phi) is 7.33. The molecule has 2 heterocycles. The first kappa shape index (κ1) is 29.5. The quantitative estimate of drug-likeness (QED) is 0.182. The van der Waals surface area contributed by atoms with E-state index in [1.165, 1.54) is 49.6 Å². The number of benzene rings is 7. The first-order valence-electron chi connectivity index (χ1n) is 17.0. The average Bonchev–Trinajstić information content (AvgIpc) is 3.52. The third-order valence-corrected chi connectivity index (χ3v) is 9.72. The average molecular weight is 639 g/mol. The Morgan fingerprint density at radius 2 is 1.06 bits per heavy atom. The lowest BCUT2D eigenvalue weighted by atomic mass is 9.94. The third kappa shape index (κ3) is 5.15. The molecular weight excluding hydrogens is 605 g/mol. The van der Waals surface area contributed by atoms with E-state index >= 15 is 0 Å². The van der Waals surface area contributed by atoms with E-state index in [2.05, 4.69) is 210 Å². The maximum Gasteiger partial charge on any atom is 0.0547 e. The van der Waals surface area contributed by atoms with Crippen LogP contribution in [0.5, 0.6) is 0 Å². The van der Waals surface area contributed by atoms with Crippen molar-refractivity contribution in [3.63, 3.8) is 0 Å². The molecule has 2 nitrogen and oxygen atoms in total. The fraction of sp³-hybridized carbons (Fsp3) is 0. The summed E-state index contributed by atoms with van der Waals surface area (Å²) in [6.07, 6.45) is 8.34. The minimum atomic E-state index is 0.982. The van der Waals surface area contributed by atoms with Crippen molar-refractivity contribution in [3.05, 3.63) is 206 Å². The molecule has 0 atom stereocenters. The molecule has 8 aromatic rings. The number of rotatable bonds is 5. The van der Waals surface area contributed by atoms with Crippen LogP contribution in [0.15, 0.2) is 201 Å². The number of hydrogen-bond acceptors (Lipinski definition) is 1. The van der Waals surface area contributed by atoms with Crippen molar-refractivity contribution in [2.45, 2.75) is 0 Å². The van der Waals surface area contributed by atoms with Gasteiger partial charge in [0.05, 0.1) is 16.7 Å². The molecule has 0 spiro atoms. The van der Waals surface area contributed by atoms with E-state index in [-0.39, 0.29) is 0 Å². The van der Waals surface area contributed by atoms with Gasteiger partial charge in [0.25, 0.3) is 0 Å². The number of nitrogens with zero attached hydrogens (tertiary/aromatic N) is 2. The Labute approximate surface area is 292 Å². The molecule has 236 valence electrons. The number of fused-ring (bicyclic) bond motifs is 4. The monoisotopic (exact) mass is 638 g/mol. The highest BCUT2D eigenvalue weighted by molar-refractivity contribution is 6.16. The lowest BCUT2D eigenvalue weighted by Crippen LogP contribution is -2.11. The van der Waals surface area contributed by atoms with Gasteiger partial charge in [0.2, 0.25) is 0 Å². The van der Waals surface area contributed by atoms with Gasteiger partial charge in [-0.05, 0) is 99.6 Å². The molecule has 0 aliphatic carbocycles. The lowest BCUT2D eigenvalue weighted by molar-refractivity contribution is 1.18. The lowest BCUT2D eigenvalue weighted by Gasteiger charge is -2.25. The summed E-state index contributed by atoms with van der Waals surface area (Å²) in [6.45, 7) is 4.47. The minimum Gasteiger partial charge on any atom is -0.317 e. The second-order valence-electron chi connectivity index (χ2n) is 12.7. The highest BCUT2D eigenvalue weighted by Crippen LogP contribution is 2.42. The maximum absolute atomic E-state index is 4.47. The molecule has 1 aliphatic rings. The smallest absolute Gasteiger partial charge is 0.0547 e. The molecule has 50 heavy (non-hydrogen) atoms. The Morgan fingerprint density at radius 3 is 1.82 bits per heavy atom. The first-order chi connectivity index (χ1) is 24.7. The van der Waals surface area contributed by atoms with Crippen LogP contribution in [0.2, 0.25) is 0 Å². The molecule has 0 saturated carbocycles. The molecule has 7 aromatic carbocycles. The van der Waals surface area contributed by atoms with Crippen LogP contribution in [0.3, 0.4) is 0 Å². The second-order valence-corrected chi connectivity index (χ2v) is 12.7. The van der Waals surface area contributed by atoms with Gasteiger partial charge in [0.1, 0.15) is 0 Å². The summed E-state index contributed by atoms with van der Waals surface area (Å²) in [6, 6.07) is 61.1. The highest BCUT2D eigenvalue weighted by atomic mass is 15.1. The standard InChI is InChI=1S/C48H34N2/c1-34-14-11-12-31-49(40-19-9-4-10-20-40)45-29-25-38(32-43(34)45)39-26-30-46-44(33-39)48-42(37-17-7-3-8-18-37)21-13-22-47(48)50(46)41-27-23-36(24-28-41)35-15-5-2-6-16-35/h2-33H,1H2/b14-11-,31-12-. The van der Waals surface area contributed by atoms with Gasteiger partial charge in [-0.15, -0.1) is 0 Å². The summed E-state index contributed by atoms with van der Waals surface area (Å²) >= 11 is 0. The summed E-state index contributed by atoms with van der Waals surface area (Å²) in [7, 11) is 0. The van der Waals surface area contributed by atoms with Gasteiger partial charge in [-0.1, -0.05) is 134 Å². The second kappa shape index (κ2) is 12.4. The fourth-order valence-corrected chi connectivity index (χ4v) is 7.29. The van der Waals surface area contributed by atoms with E-state index in [4.69, 9.17) is 0 Å². The molecule has 0 N–H and O–H groups in total. The van der Waals surface area contributed by atoms with Crippen molar-refractivity contribution in [1.29, 1.82) is 0 Å². The Balaban J connectivity index is 1.23. The van der Waals surface area contributed by atoms with E-state index < -0.39 is 0 Å². The molecule has 0 unspecified atom stereocenters. The van der Waals surface area contributed by atoms with Crippen LogP contribution in [0.1, 0.15) is 5.56 Å². The normalized spacial score (nSPS) is 13.9. The van der Waals surface area contributed by atoms with Crippen molar-refractivity contribution in [2.24, 2.45) is 0 Å². The van der Waals surface area contributed by atoms with Gasteiger partial charge >= 0.3 is 0 Å². The topological polar surface area (TPSA) is 8.17 Å². The Morgan fingerprint density at radius 1 is 0.420 bits per heavy atom. The predicted molar refractivity (Wildman–Crippen MR) is 213 cm³/mol. The number of anilines is 2. The van der Waals surface area contributed by atoms with Crippen LogP contribution < -0.4 is 4.90 Å². The zero-order valence-electron chi connectivity index (χ0n) is 27.6. The first-order valence-corrected chi connectivity index (χ1v) is 17.0. The summed E-state index contributed by atoms with van der Waals surface area (Å²) in [5, 5.41) is 2.48. The molecule has 1 aliphatic heterocycles. The number of aromatic nitrogens is 1. The summed E-state index contributed by atoms with van der Waals surface area (Å²) in [5.74, 6) is 0. The molecule has 0 bridgehead atoms. The fourth-order valence-electron chi connectivity index (χ4n) is 7.29. The molecule has 1 aromatic heterocycles. The van der Waals surface area contributed by atoms with Crippen LogP contribution in [0, 0.1) is 0 Å². The molecule has 9 rings (SSSR count). The Hall–Kier alpha value is -6.64.